The molecular formula is C21H21FN8. The van der Waals surface area contributed by atoms with Crippen LogP contribution < -0.4 is 5.32 Å². The van der Waals surface area contributed by atoms with E-state index < -0.39 is 0 Å². The van der Waals surface area contributed by atoms with Crippen molar-refractivity contribution >= 4 is 28.2 Å². The lowest BCUT2D eigenvalue weighted by Gasteiger charge is -2.11. The van der Waals surface area contributed by atoms with Gasteiger partial charge in [-0.2, -0.15) is 5.10 Å². The Balaban J connectivity index is 1.59. The van der Waals surface area contributed by atoms with Gasteiger partial charge in [-0.05, 0) is 44.5 Å². The molecule has 0 saturated carbocycles. The molecule has 0 aliphatic heterocycles. The Morgan fingerprint density at radius 3 is 2.70 bits per heavy atom. The number of nitrogens with one attached hydrogen (secondary N) is 1. The molecule has 0 unspecified atom stereocenters. The van der Waals surface area contributed by atoms with Crippen LogP contribution in [0, 0.1) is 12.7 Å². The van der Waals surface area contributed by atoms with Crippen molar-refractivity contribution in [1.29, 1.82) is 0 Å². The summed E-state index contributed by atoms with van der Waals surface area (Å²) in [6, 6.07) is 5.60. The normalized spacial score (nSPS) is 11.8. The number of imidazole rings is 1. The summed E-state index contributed by atoms with van der Waals surface area (Å²) in [5.41, 5.74) is 4.39. The molecule has 0 atom stereocenters. The Hall–Kier alpha value is -3.75. The smallest absolute Gasteiger partial charge is 0.245 e. The predicted molar refractivity (Wildman–Crippen MR) is 113 cm³/mol. The molecule has 1 aromatic carbocycles. The molecule has 152 valence electrons. The van der Waals surface area contributed by atoms with E-state index in [2.05, 4.69) is 39.3 Å². The van der Waals surface area contributed by atoms with E-state index in [0.717, 1.165) is 33.7 Å². The average Bonchev–Trinajstić information content (AvgIpc) is 3.38. The highest BCUT2D eigenvalue weighted by Gasteiger charge is 2.17. The van der Waals surface area contributed by atoms with Crippen molar-refractivity contribution in [3.8, 4) is 11.1 Å². The van der Waals surface area contributed by atoms with Crippen LogP contribution in [0.5, 0.6) is 0 Å². The van der Waals surface area contributed by atoms with Crippen LogP contribution >= 0.6 is 0 Å². The Morgan fingerprint density at radius 2 is 1.97 bits per heavy atom. The molecule has 0 saturated heterocycles. The van der Waals surface area contributed by atoms with Gasteiger partial charge >= 0.3 is 0 Å². The van der Waals surface area contributed by atoms with Gasteiger partial charge in [0.15, 0.2) is 5.82 Å². The Kier molecular flexibility index (Phi) is 4.05. The summed E-state index contributed by atoms with van der Waals surface area (Å²) >= 11 is 0. The van der Waals surface area contributed by atoms with Gasteiger partial charge in [0.1, 0.15) is 11.3 Å². The number of benzene rings is 1. The average molecular weight is 404 g/mol. The maximum atomic E-state index is 14.9. The van der Waals surface area contributed by atoms with Crippen molar-refractivity contribution in [3.63, 3.8) is 0 Å². The van der Waals surface area contributed by atoms with Crippen LogP contribution in [0.15, 0.2) is 43.0 Å². The second kappa shape index (κ2) is 6.65. The molecule has 4 heterocycles. The van der Waals surface area contributed by atoms with Gasteiger partial charge in [-0.1, -0.05) is 0 Å². The molecule has 0 radical (unpaired) electrons. The van der Waals surface area contributed by atoms with Crippen molar-refractivity contribution in [1.82, 2.24) is 33.9 Å². The highest BCUT2D eigenvalue weighted by Crippen LogP contribution is 2.32. The summed E-state index contributed by atoms with van der Waals surface area (Å²) < 4.78 is 20.3. The summed E-state index contributed by atoms with van der Waals surface area (Å²) in [6.07, 6.45) is 7.11. The van der Waals surface area contributed by atoms with Crippen LogP contribution in [0.4, 0.5) is 16.0 Å². The van der Waals surface area contributed by atoms with E-state index in [0.29, 0.717) is 11.5 Å². The molecule has 0 aliphatic rings. The Labute approximate surface area is 172 Å². The van der Waals surface area contributed by atoms with Crippen molar-refractivity contribution in [2.45, 2.75) is 26.8 Å². The zero-order valence-electron chi connectivity index (χ0n) is 17.1. The molecule has 30 heavy (non-hydrogen) atoms. The number of aromatic nitrogens is 7. The third-order valence-corrected chi connectivity index (χ3v) is 5.13. The lowest BCUT2D eigenvalue weighted by Crippen LogP contribution is -2.03. The number of nitrogens with zero attached hydrogens (tertiary/aromatic N) is 7. The first-order valence-corrected chi connectivity index (χ1v) is 9.69. The first-order chi connectivity index (χ1) is 14.4. The van der Waals surface area contributed by atoms with Gasteiger partial charge in [-0.25, -0.2) is 18.9 Å². The molecular weight excluding hydrogens is 383 g/mol. The largest absolute Gasteiger partial charge is 0.326 e. The molecule has 0 bridgehead atoms. The van der Waals surface area contributed by atoms with Crippen LogP contribution in [0.3, 0.4) is 0 Å². The van der Waals surface area contributed by atoms with E-state index >= 15 is 0 Å². The number of hydrogen-bond donors (Lipinski definition) is 1. The molecule has 9 heteroatoms. The van der Waals surface area contributed by atoms with E-state index in [9.17, 15) is 4.39 Å². The highest BCUT2D eigenvalue weighted by molar-refractivity contribution is 5.88. The van der Waals surface area contributed by atoms with E-state index in [4.69, 9.17) is 0 Å². The van der Waals surface area contributed by atoms with E-state index in [1.165, 1.54) is 6.07 Å². The molecule has 0 amide bonds. The minimum absolute atomic E-state index is 0.180. The highest BCUT2D eigenvalue weighted by atomic mass is 19.1. The number of aryl methyl sites for hydroxylation is 2. The van der Waals surface area contributed by atoms with Crippen molar-refractivity contribution in [3.05, 3.63) is 54.6 Å². The molecule has 4 aromatic heterocycles. The molecule has 0 spiro atoms. The monoisotopic (exact) mass is 404 g/mol. The van der Waals surface area contributed by atoms with Crippen molar-refractivity contribution in [2.75, 3.05) is 5.32 Å². The van der Waals surface area contributed by atoms with E-state index in [-0.39, 0.29) is 11.9 Å². The van der Waals surface area contributed by atoms with Crippen LogP contribution in [-0.4, -0.2) is 33.9 Å². The summed E-state index contributed by atoms with van der Waals surface area (Å²) in [5.74, 6) is 0.917. The molecule has 8 nitrogen and oxygen atoms in total. The summed E-state index contributed by atoms with van der Waals surface area (Å²) in [7, 11) is 1.84. The third-order valence-electron chi connectivity index (χ3n) is 5.13. The lowest BCUT2D eigenvalue weighted by molar-refractivity contribution is 0.600. The predicted octanol–water partition coefficient (Wildman–Crippen LogP) is 4.25. The number of fused-ring (bicyclic) bond motifs is 2. The summed E-state index contributed by atoms with van der Waals surface area (Å²) in [5, 5.41) is 11.8. The lowest BCUT2D eigenvalue weighted by atomic mass is 10.1. The molecule has 5 rings (SSSR count). The van der Waals surface area contributed by atoms with Gasteiger partial charge in [0.25, 0.3) is 0 Å². The molecule has 0 fully saturated rings. The van der Waals surface area contributed by atoms with Gasteiger partial charge in [-0.3, -0.25) is 4.68 Å². The minimum Gasteiger partial charge on any atom is -0.326 e. The standard InChI is InChI=1S/C21H21FN8/c1-12(2)30-13(3)25-20-17(22)7-14(8-18(20)30)16-5-6-29-19(16)10-23-21(27-29)26-15-9-24-28(4)11-15/h5-12H,1-4H3,(H,26,27). The molecule has 1 N–H and O–H groups in total. The van der Waals surface area contributed by atoms with Crippen LogP contribution in [0.2, 0.25) is 0 Å². The first-order valence-electron chi connectivity index (χ1n) is 9.69. The second-order valence-electron chi connectivity index (χ2n) is 7.62. The maximum absolute atomic E-state index is 14.9. The fraction of sp³-hybridized carbons (Fsp3) is 0.238. The van der Waals surface area contributed by atoms with E-state index in [1.54, 1.807) is 21.6 Å². The van der Waals surface area contributed by atoms with Gasteiger partial charge in [0, 0.05) is 31.0 Å². The van der Waals surface area contributed by atoms with Crippen molar-refractivity contribution in [2.24, 2.45) is 7.05 Å². The molecule has 5 aromatic rings. The van der Waals surface area contributed by atoms with Crippen LogP contribution in [0.25, 0.3) is 27.7 Å². The van der Waals surface area contributed by atoms with Gasteiger partial charge in [0.2, 0.25) is 5.95 Å². The van der Waals surface area contributed by atoms with Crippen LogP contribution in [-0.2, 0) is 7.05 Å². The van der Waals surface area contributed by atoms with Gasteiger partial charge in [-0.15, -0.1) is 5.10 Å². The quantitative estimate of drug-likeness (QED) is 0.484. The zero-order valence-corrected chi connectivity index (χ0v) is 17.1. The van der Waals surface area contributed by atoms with Crippen LogP contribution in [0.1, 0.15) is 25.7 Å². The first kappa shape index (κ1) is 18.3. The maximum Gasteiger partial charge on any atom is 0.245 e. The summed E-state index contributed by atoms with van der Waals surface area (Å²) in [4.78, 5) is 8.83. The Morgan fingerprint density at radius 1 is 1.13 bits per heavy atom. The fourth-order valence-electron chi connectivity index (χ4n) is 3.89. The number of halogens is 1. The fourth-order valence-corrected chi connectivity index (χ4v) is 3.89. The van der Waals surface area contributed by atoms with Gasteiger partial charge in [0.05, 0.1) is 29.1 Å². The number of hydrogen-bond acceptors (Lipinski definition) is 5. The zero-order chi connectivity index (χ0) is 21.0. The minimum atomic E-state index is -0.333. The summed E-state index contributed by atoms with van der Waals surface area (Å²) in [6.45, 7) is 6.03. The van der Waals surface area contributed by atoms with Gasteiger partial charge < -0.3 is 9.88 Å². The number of rotatable bonds is 4. The van der Waals surface area contributed by atoms with E-state index in [1.807, 2.05) is 43.1 Å². The second-order valence-corrected chi connectivity index (χ2v) is 7.62. The van der Waals surface area contributed by atoms with Crippen molar-refractivity contribution < 1.29 is 4.39 Å². The molecule has 0 aliphatic carbocycles. The SMILES string of the molecule is Cc1nc2c(F)cc(-c3ccn4nc(Nc5cnn(C)c5)ncc34)cc2n1C(C)C. The third kappa shape index (κ3) is 2.90. The topological polar surface area (TPSA) is 77.9 Å². The Bertz CT molecular complexity index is 1390. The number of anilines is 2.